The van der Waals surface area contributed by atoms with Crippen LogP contribution in [0.15, 0.2) is 84.9 Å². The second-order valence-corrected chi connectivity index (χ2v) is 23.9. The molecule has 0 atom stereocenters. The molecule has 5 heteroatoms. The van der Waals surface area contributed by atoms with Crippen LogP contribution in [0.5, 0.6) is 0 Å². The molecule has 3 aromatic carbocycles. The van der Waals surface area contributed by atoms with Crippen molar-refractivity contribution in [1.29, 1.82) is 0 Å². The molecular formula is C27H30ClF3Sn. The predicted molar refractivity (Wildman–Crippen MR) is 131 cm³/mol. The Morgan fingerprint density at radius 1 is 0.625 bits per heavy atom. The normalized spacial score (nSPS) is 13.2. The van der Waals surface area contributed by atoms with E-state index >= 15 is 0 Å². The van der Waals surface area contributed by atoms with E-state index in [1.54, 1.807) is 0 Å². The molecule has 0 fully saturated rings. The number of halogens is 4. The van der Waals surface area contributed by atoms with Crippen molar-refractivity contribution in [2.75, 3.05) is 0 Å². The van der Waals surface area contributed by atoms with Crippen molar-refractivity contribution in [3.63, 3.8) is 0 Å². The Balaban J connectivity index is 2.09. The van der Waals surface area contributed by atoms with Crippen molar-refractivity contribution in [3.8, 4) is 0 Å². The van der Waals surface area contributed by atoms with Crippen LogP contribution >= 0.6 is 8.92 Å². The Morgan fingerprint density at radius 3 is 1.44 bits per heavy atom. The zero-order valence-electron chi connectivity index (χ0n) is 19.0. The summed E-state index contributed by atoms with van der Waals surface area (Å²) >= 11 is -3.87. The number of rotatable bonds is 7. The van der Waals surface area contributed by atoms with E-state index < -0.39 is 29.0 Å². The van der Waals surface area contributed by atoms with Gasteiger partial charge in [0.2, 0.25) is 0 Å². The molecular weight excluding hydrogens is 535 g/mol. The number of hydrogen-bond donors (Lipinski definition) is 0. The van der Waals surface area contributed by atoms with Crippen molar-refractivity contribution in [3.05, 3.63) is 102 Å². The third-order valence-corrected chi connectivity index (χ3v) is 21.6. The Labute approximate surface area is 197 Å². The molecule has 0 saturated heterocycles. The van der Waals surface area contributed by atoms with E-state index in [1.807, 2.05) is 42.5 Å². The zero-order valence-corrected chi connectivity index (χ0v) is 22.6. The van der Waals surface area contributed by atoms with Crippen molar-refractivity contribution in [2.24, 2.45) is 0 Å². The summed E-state index contributed by atoms with van der Waals surface area (Å²) in [6, 6.07) is 26.1. The van der Waals surface area contributed by atoms with E-state index in [0.29, 0.717) is 12.5 Å². The quantitative estimate of drug-likeness (QED) is 0.254. The first-order valence-corrected chi connectivity index (χ1v) is 19.9. The first kappa shape index (κ1) is 25.2. The molecule has 0 aliphatic rings. The molecule has 0 unspecified atom stereocenters. The van der Waals surface area contributed by atoms with Gasteiger partial charge in [0.05, 0.1) is 0 Å². The Morgan fingerprint density at radius 2 is 1.03 bits per heavy atom. The van der Waals surface area contributed by atoms with Crippen LogP contribution in [0.2, 0.25) is 8.87 Å². The molecule has 0 saturated carbocycles. The summed E-state index contributed by atoms with van der Waals surface area (Å²) in [4.78, 5) is 0. The fourth-order valence-corrected chi connectivity index (χ4v) is 22.9. The van der Waals surface area contributed by atoms with Gasteiger partial charge in [-0.05, 0) is 0 Å². The minimum absolute atomic E-state index is 0.250. The molecule has 0 heterocycles. The van der Waals surface area contributed by atoms with Crippen LogP contribution in [0.4, 0.5) is 13.2 Å². The topological polar surface area (TPSA) is 0 Å². The summed E-state index contributed by atoms with van der Waals surface area (Å²) in [5.74, 6) is 0. The molecule has 3 aromatic rings. The van der Waals surface area contributed by atoms with Crippen LogP contribution in [0.3, 0.4) is 0 Å². The molecule has 0 bridgehead atoms. The number of hydrogen-bond acceptors (Lipinski definition) is 0. The third kappa shape index (κ3) is 5.91. The van der Waals surface area contributed by atoms with Crippen LogP contribution in [0.1, 0.15) is 44.4 Å². The molecule has 0 N–H and O–H groups in total. The van der Waals surface area contributed by atoms with E-state index in [1.165, 1.54) is 12.1 Å². The van der Waals surface area contributed by atoms with Crippen LogP contribution in [-0.4, -0.2) is 17.3 Å². The zero-order chi connectivity index (χ0) is 23.6. The standard InChI is InChI=1S/2C10H13.C7H4F3.ClH.Sn/c2*1-10(2,3)9-7-5-4-6-8-9;8-7(9,10)6-4-2-1-3-5-6;;/h2*4-8H,1H2,2-3H3;1-2,4-5H;1H;/q;;;;+1/p-1. The van der Waals surface area contributed by atoms with Crippen LogP contribution in [0, 0.1) is 0 Å². The average molecular weight is 566 g/mol. The maximum absolute atomic E-state index is 13.5. The van der Waals surface area contributed by atoms with Gasteiger partial charge in [-0.25, -0.2) is 0 Å². The van der Waals surface area contributed by atoms with Crippen molar-refractivity contribution < 1.29 is 13.2 Å². The summed E-state index contributed by atoms with van der Waals surface area (Å²) in [5.41, 5.74) is 1.20. The minimum atomic E-state index is -4.39. The van der Waals surface area contributed by atoms with Crippen LogP contribution < -0.4 is 3.58 Å². The van der Waals surface area contributed by atoms with Crippen LogP contribution in [0.25, 0.3) is 0 Å². The summed E-state index contributed by atoms with van der Waals surface area (Å²) in [7, 11) is 7.60. The molecule has 0 aliphatic carbocycles. The monoisotopic (exact) mass is 566 g/mol. The fourth-order valence-electron chi connectivity index (χ4n) is 4.62. The van der Waals surface area contributed by atoms with Crippen LogP contribution in [-0.2, 0) is 17.0 Å². The van der Waals surface area contributed by atoms with Crippen molar-refractivity contribution in [2.45, 2.75) is 53.6 Å². The molecule has 0 spiro atoms. The molecule has 0 nitrogen and oxygen atoms in total. The van der Waals surface area contributed by atoms with E-state index in [9.17, 15) is 13.2 Å². The average Bonchev–Trinajstić information content (AvgIpc) is 2.74. The van der Waals surface area contributed by atoms with Gasteiger partial charge in [-0.3, -0.25) is 0 Å². The molecule has 0 aliphatic heterocycles. The van der Waals surface area contributed by atoms with Gasteiger partial charge in [0, 0.05) is 0 Å². The van der Waals surface area contributed by atoms with E-state index in [2.05, 4.69) is 52.0 Å². The molecule has 3 rings (SSSR count). The van der Waals surface area contributed by atoms with E-state index in [-0.39, 0.29) is 10.8 Å². The molecule has 170 valence electrons. The first-order valence-electron chi connectivity index (χ1n) is 10.8. The van der Waals surface area contributed by atoms with E-state index in [4.69, 9.17) is 8.92 Å². The summed E-state index contributed by atoms with van der Waals surface area (Å²) in [6.45, 7) is 8.61. The van der Waals surface area contributed by atoms with Crippen molar-refractivity contribution in [1.82, 2.24) is 0 Å². The Kier molecular flexibility index (Phi) is 7.41. The molecule has 0 aromatic heterocycles. The van der Waals surface area contributed by atoms with Gasteiger partial charge in [-0.15, -0.1) is 0 Å². The van der Waals surface area contributed by atoms with Gasteiger partial charge >= 0.3 is 198 Å². The van der Waals surface area contributed by atoms with Gasteiger partial charge < -0.3 is 0 Å². The Bertz CT molecular complexity index is 974. The number of alkyl halides is 3. The maximum atomic E-state index is 13.5. The molecule has 0 amide bonds. The van der Waals surface area contributed by atoms with Gasteiger partial charge in [0.15, 0.2) is 0 Å². The van der Waals surface area contributed by atoms with Gasteiger partial charge in [-0.2, -0.15) is 0 Å². The molecule has 32 heavy (non-hydrogen) atoms. The number of benzene rings is 3. The summed E-state index contributed by atoms with van der Waals surface area (Å²) in [5, 5.41) is 0. The molecule has 0 radical (unpaired) electrons. The predicted octanol–water partition coefficient (Wildman–Crippen LogP) is 8.05. The third-order valence-electron chi connectivity index (χ3n) is 6.26. The first-order chi connectivity index (χ1) is 14.8. The SMILES string of the molecule is CC(C)([CH2][Sn]([Cl])([CH2]C(C)(C)c1ccccc1)[c]1cccc(C(F)(F)F)c1)c1ccccc1. The fraction of sp³-hybridized carbons (Fsp3) is 0.333. The summed E-state index contributed by atoms with van der Waals surface area (Å²) < 4.78 is 42.7. The van der Waals surface area contributed by atoms with Gasteiger partial charge in [-0.1, -0.05) is 0 Å². The van der Waals surface area contributed by atoms with E-state index in [0.717, 1.165) is 17.2 Å². The Hall–Kier alpha value is -1.46. The van der Waals surface area contributed by atoms with Gasteiger partial charge in [0.1, 0.15) is 0 Å². The van der Waals surface area contributed by atoms with Gasteiger partial charge in [0.25, 0.3) is 0 Å². The second-order valence-electron chi connectivity index (χ2n) is 9.90. The van der Waals surface area contributed by atoms with Crippen molar-refractivity contribution >= 4 is 29.8 Å². The second kappa shape index (κ2) is 9.42. The summed E-state index contributed by atoms with van der Waals surface area (Å²) in [6.07, 6.45) is -4.39.